The van der Waals surface area contributed by atoms with Crippen LogP contribution in [0, 0.1) is 0 Å². The van der Waals surface area contributed by atoms with Crippen molar-refractivity contribution in [3.63, 3.8) is 0 Å². The Hall–Kier alpha value is -3.06. The van der Waals surface area contributed by atoms with Gasteiger partial charge in [0.15, 0.2) is 15.5 Å². The monoisotopic (exact) mass is 590 g/mol. The van der Waals surface area contributed by atoms with Crippen molar-refractivity contribution < 1.29 is 17.9 Å². The van der Waals surface area contributed by atoms with Gasteiger partial charge in [-0.3, -0.25) is 14.2 Å². The number of carbonyl (C=O) groups is 1. The van der Waals surface area contributed by atoms with Gasteiger partial charge in [0.1, 0.15) is 16.8 Å². The summed E-state index contributed by atoms with van der Waals surface area (Å²) in [6.45, 7) is 8.84. The van der Waals surface area contributed by atoms with Gasteiger partial charge in [-0.05, 0) is 39.3 Å². The summed E-state index contributed by atoms with van der Waals surface area (Å²) in [5, 5.41) is 4.54. The minimum absolute atomic E-state index is 0.0205. The number of nitrogens with one attached hydrogen (secondary N) is 1. The fraction of sp³-hybridized carbons (Fsp3) is 0.385. The van der Waals surface area contributed by atoms with Gasteiger partial charge in [0.05, 0.1) is 35.1 Å². The summed E-state index contributed by atoms with van der Waals surface area (Å²) in [4.78, 5) is 25.6. The summed E-state index contributed by atoms with van der Waals surface area (Å²) >= 11 is 7.87. The number of sulfone groups is 1. The van der Waals surface area contributed by atoms with Crippen LogP contribution in [0.2, 0.25) is 5.02 Å². The number of primary amides is 1. The zero-order valence-electron chi connectivity index (χ0n) is 22.4. The quantitative estimate of drug-likeness (QED) is 0.281. The number of benzene rings is 1. The van der Waals surface area contributed by atoms with Gasteiger partial charge in [-0.2, -0.15) is 4.98 Å². The highest BCUT2D eigenvalue weighted by Gasteiger charge is 2.22. The molecule has 10 nitrogen and oxygen atoms in total. The molecular weight excluding hydrogens is 560 g/mol. The van der Waals surface area contributed by atoms with Crippen molar-refractivity contribution in [2.75, 3.05) is 6.26 Å². The maximum absolute atomic E-state index is 11.8. The summed E-state index contributed by atoms with van der Waals surface area (Å²) in [7, 11) is -3.27. The van der Waals surface area contributed by atoms with Gasteiger partial charge in [0, 0.05) is 35.1 Å². The lowest BCUT2D eigenvalue weighted by Gasteiger charge is -2.21. The average molecular weight is 591 g/mol. The zero-order valence-corrected chi connectivity index (χ0v) is 24.7. The lowest BCUT2D eigenvalue weighted by molar-refractivity contribution is -0.117. The number of aromatic nitrogens is 4. The van der Waals surface area contributed by atoms with Crippen LogP contribution in [0.1, 0.15) is 55.5 Å². The fourth-order valence-corrected chi connectivity index (χ4v) is 5.90. The molecular formula is C26H31ClN6O4S2. The second-order valence-corrected chi connectivity index (χ2v) is 14.1. The van der Waals surface area contributed by atoms with E-state index < -0.39 is 21.8 Å². The van der Waals surface area contributed by atoms with Crippen LogP contribution in [0.5, 0.6) is 5.88 Å². The Morgan fingerprint density at radius 1 is 1.26 bits per heavy atom. The van der Waals surface area contributed by atoms with E-state index in [4.69, 9.17) is 22.1 Å². The molecule has 1 aromatic carbocycles. The number of thiazole rings is 1. The van der Waals surface area contributed by atoms with Gasteiger partial charge in [0.25, 0.3) is 0 Å². The van der Waals surface area contributed by atoms with Gasteiger partial charge >= 0.3 is 0 Å². The molecule has 3 N–H and O–H groups in total. The highest BCUT2D eigenvalue weighted by molar-refractivity contribution is 7.89. The summed E-state index contributed by atoms with van der Waals surface area (Å²) in [5.74, 6) is -0.450. The zero-order chi connectivity index (χ0) is 28.5. The lowest BCUT2D eigenvalue weighted by Crippen LogP contribution is -2.35. The van der Waals surface area contributed by atoms with Crippen molar-refractivity contribution in [2.45, 2.75) is 58.1 Å². The second-order valence-electron chi connectivity index (χ2n) is 10.4. The largest absolute Gasteiger partial charge is 0.469 e. The predicted octanol–water partition coefficient (Wildman–Crippen LogP) is 4.11. The van der Waals surface area contributed by atoms with E-state index in [9.17, 15) is 13.2 Å². The van der Waals surface area contributed by atoms with Crippen molar-refractivity contribution >= 4 is 44.3 Å². The summed E-state index contributed by atoms with van der Waals surface area (Å²) < 4.78 is 31.5. The van der Waals surface area contributed by atoms with Crippen LogP contribution >= 0.6 is 22.9 Å². The number of halogens is 1. The number of hydrogen-bond acceptors (Lipinski definition) is 9. The third-order valence-electron chi connectivity index (χ3n) is 5.69. The molecule has 208 valence electrons. The van der Waals surface area contributed by atoms with Crippen LogP contribution in [-0.2, 0) is 33.4 Å². The molecule has 0 unspecified atom stereocenters. The third-order valence-corrected chi connectivity index (χ3v) is 7.90. The van der Waals surface area contributed by atoms with E-state index in [-0.39, 0.29) is 23.6 Å². The molecule has 0 fully saturated rings. The molecule has 39 heavy (non-hydrogen) atoms. The molecule has 0 aliphatic carbocycles. The Morgan fingerprint density at radius 2 is 2.00 bits per heavy atom. The molecule has 0 spiro atoms. The van der Waals surface area contributed by atoms with E-state index in [2.05, 4.69) is 41.0 Å². The van der Waals surface area contributed by atoms with Gasteiger partial charge in [-0.1, -0.05) is 23.7 Å². The van der Waals surface area contributed by atoms with Crippen molar-refractivity contribution in [3.05, 3.63) is 63.5 Å². The minimum atomic E-state index is -3.27. The molecule has 13 heteroatoms. The maximum atomic E-state index is 11.8. The Bertz CT molecular complexity index is 1630. The predicted molar refractivity (Wildman–Crippen MR) is 153 cm³/mol. The summed E-state index contributed by atoms with van der Waals surface area (Å²) in [5.41, 5.74) is 8.82. The summed E-state index contributed by atoms with van der Waals surface area (Å²) in [6, 6.07) is 5.83. The number of fused-ring (bicyclic) bond motifs is 1. The third kappa shape index (κ3) is 7.53. The van der Waals surface area contributed by atoms with Crippen LogP contribution < -0.4 is 15.8 Å². The van der Waals surface area contributed by atoms with Crippen LogP contribution in [0.4, 0.5) is 0 Å². The molecule has 0 radical (unpaired) electrons. The standard InChI is InChI=1S/C26H31ClN6O4S2/c1-15(18-7-6-16(8-19(18)27)10-31-26(2,3)4)37-24-21(9-22(28)34)38-25(32-24)20-11-30-23-12-29-17(13-33(20)23)14-39(5,35)36/h6-8,11-13,15,31H,9-10,14H2,1-5H3,(H2,28,34)/t15-/m1/s1. The number of nitrogens with two attached hydrogens (primary N) is 1. The number of hydrogen-bond donors (Lipinski definition) is 2. The number of nitrogens with zero attached hydrogens (tertiary/aromatic N) is 4. The fourth-order valence-electron chi connectivity index (χ4n) is 3.85. The number of imidazole rings is 1. The number of carbonyl (C=O) groups excluding carboxylic acids is 1. The van der Waals surface area contributed by atoms with E-state index in [1.807, 2.05) is 25.1 Å². The number of rotatable bonds is 10. The SMILES string of the molecule is C[C@@H](Oc1nc(-c2cnc3cnc(CS(C)(=O)=O)cn23)sc1CC(N)=O)c1ccc(CNC(C)(C)C)cc1Cl. The molecule has 0 saturated carbocycles. The molecule has 1 amide bonds. The van der Waals surface area contributed by atoms with Gasteiger partial charge in [-0.15, -0.1) is 11.3 Å². The van der Waals surface area contributed by atoms with Crippen molar-refractivity contribution in [1.29, 1.82) is 0 Å². The first-order valence-electron chi connectivity index (χ1n) is 12.2. The maximum Gasteiger partial charge on any atom is 0.229 e. The van der Waals surface area contributed by atoms with Gasteiger partial charge in [-0.25, -0.2) is 13.4 Å². The highest BCUT2D eigenvalue weighted by Crippen LogP contribution is 2.36. The molecule has 0 aliphatic heterocycles. The molecule has 0 saturated heterocycles. The summed E-state index contributed by atoms with van der Waals surface area (Å²) in [6.07, 6.45) is 5.37. The first kappa shape index (κ1) is 28.9. The molecule has 3 aromatic heterocycles. The van der Waals surface area contributed by atoms with E-state index in [1.54, 1.807) is 16.8 Å². The van der Waals surface area contributed by atoms with E-state index in [1.165, 1.54) is 17.5 Å². The van der Waals surface area contributed by atoms with Crippen molar-refractivity contribution in [3.8, 4) is 16.6 Å². The van der Waals surface area contributed by atoms with Gasteiger partial charge < -0.3 is 15.8 Å². The topological polar surface area (TPSA) is 142 Å². The molecule has 4 aromatic rings. The number of ether oxygens (including phenoxy) is 1. The first-order chi connectivity index (χ1) is 18.2. The molecule has 0 aliphatic rings. The second kappa shape index (κ2) is 11.2. The first-order valence-corrected chi connectivity index (χ1v) is 15.4. The molecule has 4 rings (SSSR count). The normalized spacial score (nSPS) is 13.1. The molecule has 1 atom stereocenters. The van der Waals surface area contributed by atoms with Crippen LogP contribution in [0.3, 0.4) is 0 Å². The van der Waals surface area contributed by atoms with Crippen LogP contribution in [0.15, 0.2) is 36.8 Å². The van der Waals surface area contributed by atoms with E-state index >= 15 is 0 Å². The minimum Gasteiger partial charge on any atom is -0.469 e. The molecule has 3 heterocycles. The molecule has 0 bridgehead atoms. The smallest absolute Gasteiger partial charge is 0.229 e. The number of amides is 1. The lowest BCUT2D eigenvalue weighted by atomic mass is 10.1. The van der Waals surface area contributed by atoms with E-state index in [0.717, 1.165) is 17.4 Å². The Labute approximate surface area is 236 Å². The Morgan fingerprint density at radius 3 is 2.64 bits per heavy atom. The van der Waals surface area contributed by atoms with Crippen LogP contribution in [-0.4, -0.2) is 45.5 Å². The Kier molecular flexibility index (Phi) is 8.31. The average Bonchev–Trinajstić information content (AvgIpc) is 3.39. The van der Waals surface area contributed by atoms with Crippen LogP contribution in [0.25, 0.3) is 16.3 Å². The Balaban J connectivity index is 1.63. The van der Waals surface area contributed by atoms with Gasteiger partial charge in [0.2, 0.25) is 11.8 Å². The van der Waals surface area contributed by atoms with Crippen molar-refractivity contribution in [1.82, 2.24) is 24.7 Å². The highest BCUT2D eigenvalue weighted by atomic mass is 35.5. The van der Waals surface area contributed by atoms with Crippen molar-refractivity contribution in [2.24, 2.45) is 5.73 Å². The van der Waals surface area contributed by atoms with E-state index in [0.29, 0.717) is 38.5 Å².